The number of aryl methyl sites for hydroxylation is 2. The molecule has 1 saturated carbocycles. The second kappa shape index (κ2) is 9.65. The first kappa shape index (κ1) is 24.1. The smallest absolute Gasteiger partial charge is 0.371 e. The lowest BCUT2D eigenvalue weighted by Crippen LogP contribution is -2.42. The highest BCUT2D eigenvalue weighted by Gasteiger charge is 2.38. The summed E-state index contributed by atoms with van der Waals surface area (Å²) in [6, 6.07) is 13.8. The Balaban J connectivity index is 1.42. The Bertz CT molecular complexity index is 1200. The van der Waals surface area contributed by atoms with Crippen molar-refractivity contribution in [1.82, 2.24) is 0 Å². The van der Waals surface area contributed by atoms with Gasteiger partial charge in [0, 0.05) is 10.8 Å². The standard InChI is InChI=1S/C29H34O5/c1-5-20(21-11-13-24-22(16-21)17-26(34-24)28(31)32)10-8-19-9-12-23(18(2)15-19)33-25-7-6-14-29(3,4)27(25)30/h9,11-13,15-17,20,25H,5-8,10,14H2,1-4H3,(H,31,32). The number of carboxylic acids is 1. The average molecular weight is 463 g/mol. The third-order valence-electron chi connectivity index (χ3n) is 7.23. The van der Waals surface area contributed by atoms with Gasteiger partial charge in [-0.1, -0.05) is 39.0 Å². The van der Waals surface area contributed by atoms with Crippen LogP contribution < -0.4 is 4.74 Å². The van der Waals surface area contributed by atoms with Gasteiger partial charge in [0.15, 0.2) is 11.9 Å². The van der Waals surface area contributed by atoms with Crippen LogP contribution in [0.25, 0.3) is 11.0 Å². The van der Waals surface area contributed by atoms with Crippen molar-refractivity contribution >= 4 is 22.7 Å². The number of Topliss-reactive ketones (excluding diaryl/α,β-unsaturated/α-hetero) is 1. The molecule has 3 aromatic rings. The Hall–Kier alpha value is -3.08. The van der Waals surface area contributed by atoms with Gasteiger partial charge >= 0.3 is 5.97 Å². The van der Waals surface area contributed by atoms with Crippen molar-refractivity contribution in [2.24, 2.45) is 5.41 Å². The Morgan fingerprint density at radius 2 is 2.00 bits per heavy atom. The van der Waals surface area contributed by atoms with E-state index in [4.69, 9.17) is 9.15 Å². The van der Waals surface area contributed by atoms with E-state index in [0.29, 0.717) is 11.5 Å². The van der Waals surface area contributed by atoms with Gasteiger partial charge in [-0.15, -0.1) is 0 Å². The summed E-state index contributed by atoms with van der Waals surface area (Å²) in [5.41, 5.74) is 3.80. The number of hydrogen-bond acceptors (Lipinski definition) is 4. The fourth-order valence-electron chi connectivity index (χ4n) is 5.05. The van der Waals surface area contributed by atoms with E-state index in [-0.39, 0.29) is 23.1 Å². The SMILES string of the molecule is CCC(CCc1ccc(OC2CCCC(C)(C)C2=O)c(C)c1)c1ccc2oc(C(=O)O)cc2c1. The van der Waals surface area contributed by atoms with Crippen LogP contribution in [0.3, 0.4) is 0 Å². The van der Waals surface area contributed by atoms with Crippen LogP contribution in [0.2, 0.25) is 0 Å². The summed E-state index contributed by atoms with van der Waals surface area (Å²) < 4.78 is 11.6. The van der Waals surface area contributed by atoms with Crippen molar-refractivity contribution in [1.29, 1.82) is 0 Å². The van der Waals surface area contributed by atoms with E-state index in [2.05, 4.69) is 19.1 Å². The molecule has 2 unspecified atom stereocenters. The fraction of sp³-hybridized carbons (Fsp3) is 0.448. The molecule has 0 saturated heterocycles. The van der Waals surface area contributed by atoms with Gasteiger partial charge in [0.25, 0.3) is 0 Å². The highest BCUT2D eigenvalue weighted by Crippen LogP contribution is 2.35. The summed E-state index contributed by atoms with van der Waals surface area (Å²) in [6.07, 6.45) is 5.29. The van der Waals surface area contributed by atoms with E-state index in [0.717, 1.165) is 55.2 Å². The molecule has 0 bridgehead atoms. The molecule has 1 fully saturated rings. The van der Waals surface area contributed by atoms with Gasteiger partial charge in [-0.05, 0) is 92.3 Å². The highest BCUT2D eigenvalue weighted by molar-refractivity contribution is 5.91. The fourth-order valence-corrected chi connectivity index (χ4v) is 5.05. The van der Waals surface area contributed by atoms with E-state index in [1.165, 1.54) is 11.1 Å². The van der Waals surface area contributed by atoms with E-state index in [9.17, 15) is 14.7 Å². The van der Waals surface area contributed by atoms with Gasteiger partial charge in [0.2, 0.25) is 5.76 Å². The number of furan rings is 1. The number of carboxylic acid groups (broad SMARTS) is 1. The minimum Gasteiger partial charge on any atom is -0.482 e. The lowest BCUT2D eigenvalue weighted by atomic mass is 9.75. The number of ketones is 1. The minimum atomic E-state index is -1.05. The van der Waals surface area contributed by atoms with Crippen LogP contribution in [-0.4, -0.2) is 23.0 Å². The maximum Gasteiger partial charge on any atom is 0.371 e. The molecule has 1 aliphatic rings. The zero-order valence-corrected chi connectivity index (χ0v) is 20.5. The van der Waals surface area contributed by atoms with Crippen molar-refractivity contribution in [2.75, 3.05) is 0 Å². The van der Waals surface area contributed by atoms with Crippen molar-refractivity contribution in [3.63, 3.8) is 0 Å². The molecule has 5 heteroatoms. The van der Waals surface area contributed by atoms with Crippen LogP contribution in [-0.2, 0) is 11.2 Å². The van der Waals surface area contributed by atoms with Gasteiger partial charge < -0.3 is 14.3 Å². The first-order valence-electron chi connectivity index (χ1n) is 12.2. The van der Waals surface area contributed by atoms with Crippen LogP contribution in [0.4, 0.5) is 0 Å². The molecule has 4 rings (SSSR count). The second-order valence-corrected chi connectivity index (χ2v) is 10.2. The molecule has 2 atom stereocenters. The number of rotatable bonds is 8. The van der Waals surface area contributed by atoms with Crippen LogP contribution in [0, 0.1) is 12.3 Å². The number of carbonyl (C=O) groups excluding carboxylic acids is 1. The number of fused-ring (bicyclic) bond motifs is 1. The number of hydrogen-bond donors (Lipinski definition) is 1. The maximum atomic E-state index is 12.7. The average Bonchev–Trinajstić information content (AvgIpc) is 3.23. The molecular weight excluding hydrogens is 428 g/mol. The van der Waals surface area contributed by atoms with Gasteiger partial charge in [0.1, 0.15) is 11.3 Å². The largest absolute Gasteiger partial charge is 0.482 e. The van der Waals surface area contributed by atoms with E-state index < -0.39 is 5.97 Å². The summed E-state index contributed by atoms with van der Waals surface area (Å²) in [6.45, 7) is 8.25. The number of aromatic carboxylic acids is 1. The summed E-state index contributed by atoms with van der Waals surface area (Å²) >= 11 is 0. The molecule has 5 nitrogen and oxygen atoms in total. The van der Waals surface area contributed by atoms with Crippen molar-refractivity contribution in [2.45, 2.75) is 78.2 Å². The number of ether oxygens (including phenoxy) is 1. The molecule has 34 heavy (non-hydrogen) atoms. The zero-order chi connectivity index (χ0) is 24.5. The zero-order valence-electron chi connectivity index (χ0n) is 20.5. The van der Waals surface area contributed by atoms with Crippen LogP contribution in [0.5, 0.6) is 5.75 Å². The molecule has 0 amide bonds. The van der Waals surface area contributed by atoms with Crippen LogP contribution >= 0.6 is 0 Å². The molecular formula is C29H34O5. The molecule has 1 N–H and O–H groups in total. The van der Waals surface area contributed by atoms with E-state index in [1.807, 2.05) is 45.0 Å². The van der Waals surface area contributed by atoms with Crippen LogP contribution in [0.15, 0.2) is 46.9 Å². The highest BCUT2D eigenvalue weighted by atomic mass is 16.5. The second-order valence-electron chi connectivity index (χ2n) is 10.2. The molecule has 0 radical (unpaired) electrons. The lowest BCUT2D eigenvalue weighted by molar-refractivity contribution is -0.137. The predicted molar refractivity (Wildman–Crippen MR) is 133 cm³/mol. The minimum absolute atomic E-state index is 0.0310. The molecule has 0 spiro atoms. The monoisotopic (exact) mass is 462 g/mol. The molecule has 1 heterocycles. The molecule has 2 aromatic carbocycles. The van der Waals surface area contributed by atoms with Gasteiger partial charge in [-0.3, -0.25) is 4.79 Å². The molecule has 1 aliphatic carbocycles. The summed E-state index contributed by atoms with van der Waals surface area (Å²) in [5.74, 6) is 0.288. The number of benzene rings is 2. The Morgan fingerprint density at radius 1 is 1.21 bits per heavy atom. The summed E-state index contributed by atoms with van der Waals surface area (Å²) in [5, 5.41) is 10.00. The molecule has 0 aliphatic heterocycles. The first-order valence-corrected chi connectivity index (χ1v) is 12.2. The maximum absolute atomic E-state index is 12.7. The Labute approximate surface area is 201 Å². The van der Waals surface area contributed by atoms with Crippen molar-refractivity contribution < 1.29 is 23.8 Å². The molecule has 1 aromatic heterocycles. The van der Waals surface area contributed by atoms with Gasteiger partial charge in [-0.25, -0.2) is 4.79 Å². The topological polar surface area (TPSA) is 76.7 Å². The lowest BCUT2D eigenvalue weighted by Gasteiger charge is -2.33. The molecule has 180 valence electrons. The van der Waals surface area contributed by atoms with Gasteiger partial charge in [-0.2, -0.15) is 0 Å². The summed E-state index contributed by atoms with van der Waals surface area (Å²) in [7, 11) is 0. The van der Waals surface area contributed by atoms with Crippen molar-refractivity contribution in [3.05, 3.63) is 64.9 Å². The Morgan fingerprint density at radius 3 is 2.71 bits per heavy atom. The number of carbonyl (C=O) groups is 2. The first-order chi connectivity index (χ1) is 16.2. The normalized spacial score (nSPS) is 18.7. The van der Waals surface area contributed by atoms with Crippen molar-refractivity contribution in [3.8, 4) is 5.75 Å². The summed E-state index contributed by atoms with van der Waals surface area (Å²) in [4.78, 5) is 23.9. The van der Waals surface area contributed by atoms with E-state index in [1.54, 1.807) is 6.07 Å². The third kappa shape index (κ3) is 5.03. The Kier molecular flexibility index (Phi) is 6.83. The predicted octanol–water partition coefficient (Wildman–Crippen LogP) is 7.09. The van der Waals surface area contributed by atoms with Crippen LogP contribution in [0.1, 0.15) is 86.0 Å². The van der Waals surface area contributed by atoms with Gasteiger partial charge in [0.05, 0.1) is 0 Å². The van der Waals surface area contributed by atoms with E-state index >= 15 is 0 Å². The third-order valence-corrected chi connectivity index (χ3v) is 7.23. The quantitative estimate of drug-likeness (QED) is 0.387.